The van der Waals surface area contributed by atoms with Gasteiger partial charge in [-0.05, 0) is 31.9 Å². The zero-order chi connectivity index (χ0) is 16.8. The van der Waals surface area contributed by atoms with Gasteiger partial charge in [-0.3, -0.25) is 4.90 Å². The summed E-state index contributed by atoms with van der Waals surface area (Å²) in [6, 6.07) is 5.14. The molecule has 25 heavy (non-hydrogen) atoms. The summed E-state index contributed by atoms with van der Waals surface area (Å²) in [7, 11) is 0. The van der Waals surface area contributed by atoms with Crippen LogP contribution in [0.15, 0.2) is 22.7 Å². The van der Waals surface area contributed by atoms with Crippen LogP contribution in [0.5, 0.6) is 0 Å². The molecule has 2 bridgehead atoms. The average molecular weight is 340 g/mol. The first-order valence-corrected chi connectivity index (χ1v) is 9.27. The van der Waals surface area contributed by atoms with E-state index in [0.717, 1.165) is 56.7 Å². The third-order valence-corrected chi connectivity index (χ3v) is 5.75. The number of hydrogen-bond acceptors (Lipinski definition) is 6. The Kier molecular flexibility index (Phi) is 3.75. The highest BCUT2D eigenvalue weighted by Gasteiger charge is 2.41. The summed E-state index contributed by atoms with van der Waals surface area (Å²) in [6.45, 7) is 6.19. The van der Waals surface area contributed by atoms with Gasteiger partial charge in [0, 0.05) is 43.4 Å². The number of aromatic nitrogens is 2. The normalized spacial score (nSPS) is 26.0. The standard InChI is InChI=1S/C19H24N4O2/c1-13-2-4-15(25-13)12-23-14-3-5-18(23)16-11-20-19(21-17(16)10-14)22-6-8-24-9-7-22/h2,4,11,14,18H,3,5-10,12H2,1H3/t14-,18-/m1/s1. The Hall–Kier alpha value is -1.92. The molecule has 6 nitrogen and oxygen atoms in total. The quantitative estimate of drug-likeness (QED) is 0.856. The van der Waals surface area contributed by atoms with Gasteiger partial charge in [0.15, 0.2) is 0 Å². The predicted octanol–water partition coefficient (Wildman–Crippen LogP) is 2.48. The van der Waals surface area contributed by atoms with Crippen LogP contribution in [0.2, 0.25) is 0 Å². The van der Waals surface area contributed by atoms with Crippen molar-refractivity contribution in [3.8, 4) is 0 Å². The van der Waals surface area contributed by atoms with Crippen LogP contribution < -0.4 is 4.90 Å². The molecule has 0 aliphatic carbocycles. The van der Waals surface area contributed by atoms with Crippen LogP contribution in [0.3, 0.4) is 0 Å². The van der Waals surface area contributed by atoms with E-state index in [1.807, 2.05) is 13.0 Å². The molecule has 0 amide bonds. The monoisotopic (exact) mass is 340 g/mol. The summed E-state index contributed by atoms with van der Waals surface area (Å²) in [4.78, 5) is 14.4. The van der Waals surface area contributed by atoms with Crippen LogP contribution in [0.25, 0.3) is 0 Å². The van der Waals surface area contributed by atoms with Crippen LogP contribution in [0.1, 0.15) is 41.7 Å². The van der Waals surface area contributed by atoms with E-state index >= 15 is 0 Å². The van der Waals surface area contributed by atoms with Gasteiger partial charge in [-0.15, -0.1) is 0 Å². The zero-order valence-electron chi connectivity index (χ0n) is 14.6. The lowest BCUT2D eigenvalue weighted by Crippen LogP contribution is -2.40. The third-order valence-electron chi connectivity index (χ3n) is 5.75. The molecule has 2 aromatic heterocycles. The van der Waals surface area contributed by atoms with Crippen molar-refractivity contribution in [3.63, 3.8) is 0 Å². The highest BCUT2D eigenvalue weighted by atomic mass is 16.5. The van der Waals surface area contributed by atoms with Crippen LogP contribution in [-0.2, 0) is 17.7 Å². The van der Waals surface area contributed by atoms with Crippen LogP contribution in [0.4, 0.5) is 5.95 Å². The molecule has 132 valence electrons. The molecule has 2 aromatic rings. The molecule has 6 heteroatoms. The van der Waals surface area contributed by atoms with Gasteiger partial charge in [0.1, 0.15) is 11.5 Å². The van der Waals surface area contributed by atoms with E-state index in [-0.39, 0.29) is 0 Å². The van der Waals surface area contributed by atoms with Gasteiger partial charge in [0.2, 0.25) is 5.95 Å². The number of rotatable bonds is 3. The molecule has 0 N–H and O–H groups in total. The minimum absolute atomic E-state index is 0.429. The zero-order valence-corrected chi connectivity index (χ0v) is 14.6. The van der Waals surface area contributed by atoms with Gasteiger partial charge in [0.05, 0.1) is 25.5 Å². The Morgan fingerprint density at radius 1 is 1.20 bits per heavy atom. The van der Waals surface area contributed by atoms with E-state index in [1.165, 1.54) is 24.1 Å². The molecule has 0 unspecified atom stereocenters. The highest BCUT2D eigenvalue weighted by molar-refractivity contribution is 5.37. The molecule has 2 atom stereocenters. The molecular formula is C19H24N4O2. The SMILES string of the molecule is Cc1ccc(CN2[C@@H]3CC[C@@H]2c2cnc(N4CCOCC4)nc2C3)o1. The molecule has 5 heterocycles. The molecule has 0 saturated carbocycles. The molecule has 0 aromatic carbocycles. The first-order valence-electron chi connectivity index (χ1n) is 9.27. The number of aryl methyl sites for hydroxylation is 1. The van der Waals surface area contributed by atoms with Crippen molar-refractivity contribution in [3.05, 3.63) is 41.1 Å². The molecule has 0 spiro atoms. The molecule has 2 saturated heterocycles. The van der Waals surface area contributed by atoms with E-state index < -0.39 is 0 Å². The van der Waals surface area contributed by atoms with Crippen LogP contribution >= 0.6 is 0 Å². The summed E-state index contributed by atoms with van der Waals surface area (Å²) in [5, 5.41) is 0. The minimum Gasteiger partial charge on any atom is -0.465 e. The van der Waals surface area contributed by atoms with Crippen molar-refractivity contribution < 1.29 is 9.15 Å². The topological polar surface area (TPSA) is 54.6 Å². The van der Waals surface area contributed by atoms with Gasteiger partial charge < -0.3 is 14.1 Å². The molecule has 0 radical (unpaired) electrons. The average Bonchev–Trinajstić information content (AvgIpc) is 3.17. The van der Waals surface area contributed by atoms with Gasteiger partial charge in [-0.1, -0.05) is 0 Å². The van der Waals surface area contributed by atoms with Gasteiger partial charge in [-0.2, -0.15) is 0 Å². The molecule has 2 fully saturated rings. The lowest BCUT2D eigenvalue weighted by Gasteiger charge is -2.35. The maximum atomic E-state index is 5.81. The first kappa shape index (κ1) is 15.3. The molecule has 3 aliphatic rings. The van der Waals surface area contributed by atoms with E-state index in [2.05, 4.69) is 27.0 Å². The van der Waals surface area contributed by atoms with Crippen molar-refractivity contribution in [2.24, 2.45) is 0 Å². The van der Waals surface area contributed by atoms with Crippen molar-refractivity contribution >= 4 is 5.95 Å². The lowest BCUT2D eigenvalue weighted by atomic mass is 9.99. The number of furan rings is 1. The van der Waals surface area contributed by atoms with Gasteiger partial charge >= 0.3 is 0 Å². The van der Waals surface area contributed by atoms with Gasteiger partial charge in [-0.25, -0.2) is 9.97 Å². The van der Waals surface area contributed by atoms with Crippen molar-refractivity contribution in [2.45, 2.75) is 44.8 Å². The summed E-state index contributed by atoms with van der Waals surface area (Å²) in [5.41, 5.74) is 2.56. The smallest absolute Gasteiger partial charge is 0.225 e. The van der Waals surface area contributed by atoms with E-state index in [9.17, 15) is 0 Å². The fourth-order valence-electron chi connectivity index (χ4n) is 4.48. The van der Waals surface area contributed by atoms with Crippen LogP contribution in [-0.4, -0.2) is 47.2 Å². The van der Waals surface area contributed by atoms with Gasteiger partial charge in [0.25, 0.3) is 0 Å². The Labute approximate surface area is 147 Å². The number of fused-ring (bicyclic) bond motifs is 4. The number of morpholine rings is 1. The van der Waals surface area contributed by atoms with Crippen molar-refractivity contribution in [1.29, 1.82) is 0 Å². The largest absolute Gasteiger partial charge is 0.465 e. The highest BCUT2D eigenvalue weighted by Crippen LogP contribution is 2.44. The summed E-state index contributed by atoms with van der Waals surface area (Å²) in [5.74, 6) is 2.92. The minimum atomic E-state index is 0.429. The fraction of sp³-hybridized carbons (Fsp3) is 0.579. The second-order valence-electron chi connectivity index (χ2n) is 7.31. The fourth-order valence-corrected chi connectivity index (χ4v) is 4.48. The molecule has 5 rings (SSSR count). The Morgan fingerprint density at radius 3 is 2.88 bits per heavy atom. The van der Waals surface area contributed by atoms with E-state index in [1.54, 1.807) is 0 Å². The van der Waals surface area contributed by atoms with E-state index in [4.69, 9.17) is 14.1 Å². The maximum Gasteiger partial charge on any atom is 0.225 e. The number of anilines is 1. The summed E-state index contributed by atoms with van der Waals surface area (Å²) >= 11 is 0. The van der Waals surface area contributed by atoms with Crippen molar-refractivity contribution in [1.82, 2.24) is 14.9 Å². The second-order valence-corrected chi connectivity index (χ2v) is 7.31. The molecule has 3 aliphatic heterocycles. The third kappa shape index (κ3) is 2.73. The maximum absolute atomic E-state index is 5.81. The molecular weight excluding hydrogens is 316 g/mol. The van der Waals surface area contributed by atoms with Crippen molar-refractivity contribution in [2.75, 3.05) is 31.2 Å². The Morgan fingerprint density at radius 2 is 2.08 bits per heavy atom. The lowest BCUT2D eigenvalue weighted by molar-refractivity contribution is 0.121. The van der Waals surface area contributed by atoms with Crippen LogP contribution in [0, 0.1) is 6.92 Å². The Bertz CT molecular complexity index is 769. The summed E-state index contributed by atoms with van der Waals surface area (Å²) < 4.78 is 11.2. The first-order chi connectivity index (χ1) is 12.3. The summed E-state index contributed by atoms with van der Waals surface area (Å²) in [6.07, 6.45) is 5.51. The Balaban J connectivity index is 1.40. The van der Waals surface area contributed by atoms with E-state index in [0.29, 0.717) is 12.1 Å². The predicted molar refractivity (Wildman–Crippen MR) is 93.5 cm³/mol. The number of nitrogens with zero attached hydrogens (tertiary/aromatic N) is 4. The number of ether oxygens (including phenoxy) is 1. The number of hydrogen-bond donors (Lipinski definition) is 0. The second kappa shape index (κ2) is 6.11.